The molecule has 0 saturated carbocycles. The molecule has 0 aromatic heterocycles. The highest BCUT2D eigenvalue weighted by Gasteiger charge is 2.27. The van der Waals surface area contributed by atoms with Crippen LogP contribution in [0, 0.1) is 5.92 Å². The molecule has 0 aliphatic carbocycles. The Morgan fingerprint density at radius 1 is 1.19 bits per heavy atom. The van der Waals surface area contributed by atoms with Crippen molar-refractivity contribution in [3.8, 4) is 11.5 Å². The fourth-order valence-corrected chi connectivity index (χ4v) is 3.58. The molecular formula is C23H39IN4O4. The first kappa shape index (κ1) is 28.1. The Morgan fingerprint density at radius 2 is 1.91 bits per heavy atom. The minimum absolute atomic E-state index is 0. The third-order valence-electron chi connectivity index (χ3n) is 5.15. The SMILES string of the molecule is CN=C(NCCC1CCCN(C(=O)OC(C)(C)C)C1)NCc1ccc(OC)c(OC)c1.I. The molecule has 1 fully saturated rings. The van der Waals surface area contributed by atoms with E-state index in [0.717, 1.165) is 50.4 Å². The number of carbonyl (C=O) groups is 1. The Balaban J connectivity index is 0.00000512. The highest BCUT2D eigenvalue weighted by molar-refractivity contribution is 14.0. The van der Waals surface area contributed by atoms with Crippen molar-refractivity contribution in [2.24, 2.45) is 10.9 Å². The molecule has 1 unspecified atom stereocenters. The molecule has 1 aromatic carbocycles. The van der Waals surface area contributed by atoms with Crippen molar-refractivity contribution >= 4 is 36.0 Å². The summed E-state index contributed by atoms with van der Waals surface area (Å²) in [5, 5.41) is 6.69. The maximum atomic E-state index is 12.3. The number of benzene rings is 1. The lowest BCUT2D eigenvalue weighted by Gasteiger charge is -2.34. The predicted octanol–water partition coefficient (Wildman–Crippen LogP) is 4.02. The molecule has 1 atom stereocenters. The lowest BCUT2D eigenvalue weighted by Crippen LogP contribution is -2.44. The van der Waals surface area contributed by atoms with E-state index in [4.69, 9.17) is 14.2 Å². The second-order valence-corrected chi connectivity index (χ2v) is 8.77. The van der Waals surface area contributed by atoms with Gasteiger partial charge in [0.15, 0.2) is 17.5 Å². The maximum absolute atomic E-state index is 12.3. The van der Waals surface area contributed by atoms with Crippen molar-refractivity contribution in [3.63, 3.8) is 0 Å². The number of guanidine groups is 1. The summed E-state index contributed by atoms with van der Waals surface area (Å²) in [6, 6.07) is 5.84. The van der Waals surface area contributed by atoms with Crippen molar-refractivity contribution in [1.82, 2.24) is 15.5 Å². The molecule has 2 N–H and O–H groups in total. The van der Waals surface area contributed by atoms with Gasteiger partial charge in [-0.2, -0.15) is 0 Å². The number of hydrogen-bond donors (Lipinski definition) is 2. The van der Waals surface area contributed by atoms with Crippen molar-refractivity contribution in [2.75, 3.05) is 40.9 Å². The second-order valence-electron chi connectivity index (χ2n) is 8.77. The van der Waals surface area contributed by atoms with Gasteiger partial charge in [0.2, 0.25) is 0 Å². The number of halogens is 1. The smallest absolute Gasteiger partial charge is 0.410 e. The molecule has 1 saturated heterocycles. The maximum Gasteiger partial charge on any atom is 0.410 e. The van der Waals surface area contributed by atoms with Crippen LogP contribution in [0.5, 0.6) is 11.5 Å². The minimum Gasteiger partial charge on any atom is -0.493 e. The van der Waals surface area contributed by atoms with Crippen LogP contribution in [0.25, 0.3) is 0 Å². The largest absolute Gasteiger partial charge is 0.493 e. The van der Waals surface area contributed by atoms with Crippen LogP contribution in [0.15, 0.2) is 23.2 Å². The van der Waals surface area contributed by atoms with Gasteiger partial charge in [-0.15, -0.1) is 24.0 Å². The molecule has 1 aromatic rings. The number of aliphatic imine (C=N–C) groups is 1. The van der Waals surface area contributed by atoms with Gasteiger partial charge >= 0.3 is 6.09 Å². The molecular weight excluding hydrogens is 523 g/mol. The number of likely N-dealkylation sites (tertiary alicyclic amines) is 1. The monoisotopic (exact) mass is 562 g/mol. The number of nitrogens with zero attached hydrogens (tertiary/aromatic N) is 2. The Kier molecular flexibility index (Phi) is 11.9. The van der Waals surface area contributed by atoms with Gasteiger partial charge in [-0.05, 0) is 63.6 Å². The average molecular weight is 562 g/mol. The van der Waals surface area contributed by atoms with Crippen LogP contribution >= 0.6 is 24.0 Å². The second kappa shape index (κ2) is 13.6. The van der Waals surface area contributed by atoms with Crippen LogP contribution in [0.1, 0.15) is 45.6 Å². The summed E-state index contributed by atoms with van der Waals surface area (Å²) in [4.78, 5) is 18.5. The lowest BCUT2D eigenvalue weighted by molar-refractivity contribution is 0.0162. The number of nitrogens with one attached hydrogen (secondary N) is 2. The van der Waals surface area contributed by atoms with Gasteiger partial charge in [-0.3, -0.25) is 4.99 Å². The quantitative estimate of drug-likeness (QED) is 0.297. The van der Waals surface area contributed by atoms with Gasteiger partial charge in [0.1, 0.15) is 5.60 Å². The van der Waals surface area contributed by atoms with E-state index >= 15 is 0 Å². The lowest BCUT2D eigenvalue weighted by atomic mass is 9.95. The van der Waals surface area contributed by atoms with Crippen LogP contribution in [0.4, 0.5) is 4.79 Å². The first-order valence-corrected chi connectivity index (χ1v) is 10.9. The van der Waals surface area contributed by atoms with Gasteiger partial charge in [-0.25, -0.2) is 4.79 Å². The molecule has 0 spiro atoms. The van der Waals surface area contributed by atoms with Gasteiger partial charge in [0.05, 0.1) is 14.2 Å². The number of carbonyl (C=O) groups excluding carboxylic acids is 1. The molecule has 2 rings (SSSR count). The minimum atomic E-state index is -0.461. The highest BCUT2D eigenvalue weighted by atomic mass is 127. The van der Waals surface area contributed by atoms with Gasteiger partial charge in [-0.1, -0.05) is 6.07 Å². The Labute approximate surface area is 209 Å². The van der Waals surface area contributed by atoms with Gasteiger partial charge < -0.3 is 29.7 Å². The van der Waals surface area contributed by atoms with E-state index in [0.29, 0.717) is 24.0 Å². The average Bonchev–Trinajstić information content (AvgIpc) is 2.74. The number of piperidine rings is 1. The summed E-state index contributed by atoms with van der Waals surface area (Å²) >= 11 is 0. The fourth-order valence-electron chi connectivity index (χ4n) is 3.58. The molecule has 0 radical (unpaired) electrons. The Hall–Kier alpha value is -1.91. The van der Waals surface area contributed by atoms with E-state index in [2.05, 4.69) is 15.6 Å². The zero-order valence-electron chi connectivity index (χ0n) is 20.2. The molecule has 32 heavy (non-hydrogen) atoms. The first-order chi connectivity index (χ1) is 14.8. The van der Waals surface area contributed by atoms with E-state index in [1.54, 1.807) is 21.3 Å². The van der Waals surface area contributed by atoms with Gasteiger partial charge in [0, 0.05) is 33.2 Å². The van der Waals surface area contributed by atoms with E-state index in [-0.39, 0.29) is 30.1 Å². The molecule has 8 nitrogen and oxygen atoms in total. The Bertz CT molecular complexity index is 752. The summed E-state index contributed by atoms with van der Waals surface area (Å²) in [6.45, 7) is 8.63. The molecule has 0 bridgehead atoms. The van der Waals surface area contributed by atoms with E-state index in [1.807, 2.05) is 43.9 Å². The number of amides is 1. The predicted molar refractivity (Wildman–Crippen MR) is 138 cm³/mol. The molecule has 1 amide bonds. The highest BCUT2D eigenvalue weighted by Crippen LogP contribution is 2.27. The van der Waals surface area contributed by atoms with Crippen LogP contribution in [0.3, 0.4) is 0 Å². The fraction of sp³-hybridized carbons (Fsp3) is 0.652. The van der Waals surface area contributed by atoms with Crippen molar-refractivity contribution in [1.29, 1.82) is 0 Å². The molecule has 182 valence electrons. The van der Waals surface area contributed by atoms with Crippen LogP contribution in [-0.4, -0.2) is 63.5 Å². The van der Waals surface area contributed by atoms with Crippen molar-refractivity contribution in [3.05, 3.63) is 23.8 Å². The van der Waals surface area contributed by atoms with E-state index < -0.39 is 5.60 Å². The number of methoxy groups -OCH3 is 2. The summed E-state index contributed by atoms with van der Waals surface area (Å²) in [5.74, 6) is 2.62. The molecule has 1 heterocycles. The van der Waals surface area contributed by atoms with E-state index in [9.17, 15) is 4.79 Å². The zero-order valence-corrected chi connectivity index (χ0v) is 22.5. The first-order valence-electron chi connectivity index (χ1n) is 10.9. The third kappa shape index (κ3) is 9.30. The van der Waals surface area contributed by atoms with Gasteiger partial charge in [0.25, 0.3) is 0 Å². The topological polar surface area (TPSA) is 84.4 Å². The number of ether oxygens (including phenoxy) is 3. The van der Waals surface area contributed by atoms with Crippen molar-refractivity contribution in [2.45, 2.75) is 52.2 Å². The van der Waals surface area contributed by atoms with Crippen molar-refractivity contribution < 1.29 is 19.0 Å². The normalized spacial score (nSPS) is 16.6. The molecule has 1 aliphatic rings. The third-order valence-corrected chi connectivity index (χ3v) is 5.15. The standard InChI is InChI=1S/C23H38N4O4.HI/c1-23(2,3)31-22(28)27-13-7-8-17(16-27)11-12-25-21(24-4)26-15-18-9-10-19(29-5)20(14-18)30-6;/h9-10,14,17H,7-8,11-13,15-16H2,1-6H3,(H2,24,25,26);1H. The summed E-state index contributed by atoms with van der Waals surface area (Å²) in [7, 11) is 5.01. The summed E-state index contributed by atoms with van der Waals surface area (Å²) in [6.07, 6.45) is 2.89. The molecule has 9 heteroatoms. The van der Waals surface area contributed by atoms with Crippen LogP contribution < -0.4 is 20.1 Å². The zero-order chi connectivity index (χ0) is 22.9. The number of hydrogen-bond acceptors (Lipinski definition) is 5. The Morgan fingerprint density at radius 3 is 2.53 bits per heavy atom. The summed E-state index contributed by atoms with van der Waals surface area (Å²) < 4.78 is 16.2. The van der Waals surface area contributed by atoms with Crippen LogP contribution in [0.2, 0.25) is 0 Å². The molecule has 1 aliphatic heterocycles. The number of rotatable bonds is 7. The van der Waals surface area contributed by atoms with Crippen LogP contribution in [-0.2, 0) is 11.3 Å². The summed E-state index contributed by atoms with van der Waals surface area (Å²) in [5.41, 5.74) is 0.610. The van der Waals surface area contributed by atoms with E-state index in [1.165, 1.54) is 0 Å².